The quantitative estimate of drug-likeness (QED) is 0.421. The van der Waals surface area contributed by atoms with E-state index < -0.39 is 0 Å². The number of nitrogens with zero attached hydrogens (tertiary/aromatic N) is 2. The van der Waals surface area contributed by atoms with Crippen molar-refractivity contribution in [2.75, 3.05) is 0 Å². The van der Waals surface area contributed by atoms with E-state index in [0.717, 1.165) is 16.5 Å². The molecule has 0 saturated heterocycles. The highest BCUT2D eigenvalue weighted by Crippen LogP contribution is 2.26. The molecule has 0 amide bonds. The minimum Gasteiger partial charge on any atom is -0.423 e. The van der Waals surface area contributed by atoms with Crippen molar-refractivity contribution in [1.29, 1.82) is 0 Å². The van der Waals surface area contributed by atoms with Crippen LogP contribution < -0.4 is 5.63 Å². The van der Waals surface area contributed by atoms with E-state index in [1.165, 1.54) is 17.3 Å². The fourth-order valence-corrected chi connectivity index (χ4v) is 2.90. The Kier molecular flexibility index (Phi) is 3.75. The van der Waals surface area contributed by atoms with Gasteiger partial charge in [0, 0.05) is 29.6 Å². The van der Waals surface area contributed by atoms with Gasteiger partial charge in [-0.2, -0.15) is 0 Å². The summed E-state index contributed by atoms with van der Waals surface area (Å²) in [5, 5.41) is 1.67. The first-order valence-corrected chi connectivity index (χ1v) is 7.56. The second-order valence-electron chi connectivity index (χ2n) is 4.84. The highest BCUT2D eigenvalue weighted by molar-refractivity contribution is 7.98. The van der Waals surface area contributed by atoms with Gasteiger partial charge in [-0.05, 0) is 48.7 Å². The first kappa shape index (κ1) is 13.8. The first-order valence-electron chi connectivity index (χ1n) is 6.57. The van der Waals surface area contributed by atoms with Gasteiger partial charge in [-0.3, -0.25) is 0 Å². The Morgan fingerprint density at radius 1 is 1.10 bits per heavy atom. The lowest BCUT2D eigenvalue weighted by atomic mass is 10.0. The molecular formula is C16H14N2O2S. The summed E-state index contributed by atoms with van der Waals surface area (Å²) in [6.45, 7) is 4.06. The zero-order valence-electron chi connectivity index (χ0n) is 11.8. The van der Waals surface area contributed by atoms with Crippen LogP contribution in [0.4, 0.5) is 0 Å². The van der Waals surface area contributed by atoms with Crippen LogP contribution in [0.1, 0.15) is 16.7 Å². The molecule has 3 aromatic rings. The van der Waals surface area contributed by atoms with E-state index in [2.05, 4.69) is 23.0 Å². The number of rotatable bonds is 3. The molecule has 0 spiro atoms. The lowest BCUT2D eigenvalue weighted by Crippen LogP contribution is -2.01. The molecule has 0 aliphatic carbocycles. The minimum atomic E-state index is -0.324. The standard InChI is InChI=1S/C16H14N2O2S/c1-10-6-13-12(9-21-16-17-4-3-5-18-16)8-15(19)20-14(13)7-11(10)2/h3-8H,9H2,1-2H3. The van der Waals surface area contributed by atoms with Crippen LogP contribution in [0.5, 0.6) is 0 Å². The molecule has 0 N–H and O–H groups in total. The second-order valence-corrected chi connectivity index (χ2v) is 5.79. The Bertz CT molecular complexity index is 844. The van der Waals surface area contributed by atoms with Crippen LogP contribution in [0.25, 0.3) is 11.0 Å². The minimum absolute atomic E-state index is 0.324. The number of aromatic nitrogens is 2. The van der Waals surface area contributed by atoms with Crippen LogP contribution in [-0.2, 0) is 5.75 Å². The van der Waals surface area contributed by atoms with Crippen LogP contribution in [0.15, 0.2) is 51.0 Å². The van der Waals surface area contributed by atoms with Crippen molar-refractivity contribution in [3.05, 3.63) is 63.8 Å². The number of aryl methyl sites for hydroxylation is 2. The van der Waals surface area contributed by atoms with E-state index in [4.69, 9.17) is 4.42 Å². The van der Waals surface area contributed by atoms with Gasteiger partial charge in [-0.1, -0.05) is 11.8 Å². The van der Waals surface area contributed by atoms with Crippen molar-refractivity contribution in [3.8, 4) is 0 Å². The van der Waals surface area contributed by atoms with Crippen LogP contribution in [0.2, 0.25) is 0 Å². The monoisotopic (exact) mass is 298 g/mol. The first-order chi connectivity index (χ1) is 10.1. The van der Waals surface area contributed by atoms with E-state index in [1.807, 2.05) is 13.0 Å². The van der Waals surface area contributed by atoms with Crippen molar-refractivity contribution in [1.82, 2.24) is 9.97 Å². The summed E-state index contributed by atoms with van der Waals surface area (Å²) in [4.78, 5) is 20.1. The lowest BCUT2D eigenvalue weighted by molar-refractivity contribution is 0.559. The van der Waals surface area contributed by atoms with Crippen molar-refractivity contribution in [2.45, 2.75) is 24.8 Å². The molecule has 0 fully saturated rings. The summed E-state index contributed by atoms with van der Waals surface area (Å²) in [6, 6.07) is 7.31. The zero-order valence-corrected chi connectivity index (χ0v) is 12.6. The second kappa shape index (κ2) is 5.69. The molecule has 0 aliphatic rings. The number of thioether (sulfide) groups is 1. The van der Waals surface area contributed by atoms with Crippen LogP contribution in [0, 0.1) is 13.8 Å². The Labute approximate surface area is 126 Å². The third kappa shape index (κ3) is 2.97. The van der Waals surface area contributed by atoms with Crippen LogP contribution in [0.3, 0.4) is 0 Å². The smallest absolute Gasteiger partial charge is 0.336 e. The molecule has 5 heteroatoms. The molecule has 0 radical (unpaired) electrons. The maximum atomic E-state index is 11.7. The van der Waals surface area contributed by atoms with Gasteiger partial charge in [-0.15, -0.1) is 0 Å². The fourth-order valence-electron chi connectivity index (χ4n) is 2.10. The van der Waals surface area contributed by atoms with Gasteiger partial charge >= 0.3 is 5.63 Å². The Hall–Kier alpha value is -2.14. The maximum Gasteiger partial charge on any atom is 0.336 e. The number of fused-ring (bicyclic) bond motifs is 1. The molecule has 0 atom stereocenters. The van der Waals surface area contributed by atoms with Crippen LogP contribution >= 0.6 is 11.8 Å². The molecule has 0 saturated carbocycles. The molecule has 3 rings (SSSR count). The third-order valence-electron chi connectivity index (χ3n) is 3.34. The number of hydrogen-bond donors (Lipinski definition) is 0. The third-order valence-corrected chi connectivity index (χ3v) is 4.27. The van der Waals surface area contributed by atoms with E-state index in [-0.39, 0.29) is 5.63 Å². The normalized spacial score (nSPS) is 11.0. The maximum absolute atomic E-state index is 11.7. The highest BCUT2D eigenvalue weighted by atomic mass is 32.2. The Balaban J connectivity index is 2.01. The molecule has 2 aromatic heterocycles. The van der Waals surface area contributed by atoms with E-state index in [9.17, 15) is 4.79 Å². The molecule has 106 valence electrons. The molecular weight excluding hydrogens is 284 g/mol. The SMILES string of the molecule is Cc1cc2oc(=O)cc(CSc3ncccn3)c2cc1C. The predicted molar refractivity (Wildman–Crippen MR) is 83.6 cm³/mol. The molecule has 2 heterocycles. The molecule has 0 unspecified atom stereocenters. The zero-order chi connectivity index (χ0) is 14.8. The average molecular weight is 298 g/mol. The van der Waals surface area contributed by atoms with Crippen molar-refractivity contribution >= 4 is 22.7 Å². The Morgan fingerprint density at radius 3 is 2.57 bits per heavy atom. The van der Waals surface area contributed by atoms with Crippen molar-refractivity contribution in [2.24, 2.45) is 0 Å². The Morgan fingerprint density at radius 2 is 1.81 bits per heavy atom. The average Bonchev–Trinajstić information content (AvgIpc) is 2.48. The van der Waals surface area contributed by atoms with Gasteiger partial charge in [0.05, 0.1) is 0 Å². The van der Waals surface area contributed by atoms with Gasteiger partial charge in [0.25, 0.3) is 0 Å². The highest BCUT2D eigenvalue weighted by Gasteiger charge is 2.09. The van der Waals surface area contributed by atoms with E-state index in [1.54, 1.807) is 24.5 Å². The van der Waals surface area contributed by atoms with Gasteiger partial charge in [-0.25, -0.2) is 14.8 Å². The number of hydrogen-bond acceptors (Lipinski definition) is 5. The summed E-state index contributed by atoms with van der Waals surface area (Å²) in [5.41, 5.74) is 3.55. The van der Waals surface area contributed by atoms with Gasteiger partial charge < -0.3 is 4.42 Å². The fraction of sp³-hybridized carbons (Fsp3) is 0.188. The van der Waals surface area contributed by atoms with Crippen molar-refractivity contribution in [3.63, 3.8) is 0 Å². The van der Waals surface area contributed by atoms with E-state index in [0.29, 0.717) is 16.5 Å². The summed E-state index contributed by atoms with van der Waals surface area (Å²) in [6.07, 6.45) is 3.42. The largest absolute Gasteiger partial charge is 0.423 e. The molecule has 21 heavy (non-hydrogen) atoms. The summed E-state index contributed by atoms with van der Waals surface area (Å²) < 4.78 is 5.29. The van der Waals surface area contributed by atoms with E-state index >= 15 is 0 Å². The topological polar surface area (TPSA) is 56.0 Å². The summed E-state index contributed by atoms with van der Waals surface area (Å²) in [5.74, 6) is 0.634. The van der Waals surface area contributed by atoms with Crippen LogP contribution in [-0.4, -0.2) is 9.97 Å². The molecule has 4 nitrogen and oxygen atoms in total. The number of benzene rings is 1. The lowest BCUT2D eigenvalue weighted by Gasteiger charge is -2.07. The predicted octanol–water partition coefficient (Wildman–Crippen LogP) is 3.49. The van der Waals surface area contributed by atoms with Gasteiger partial charge in [0.1, 0.15) is 5.58 Å². The summed E-state index contributed by atoms with van der Waals surface area (Å²) in [7, 11) is 0. The molecule has 1 aromatic carbocycles. The van der Waals surface area contributed by atoms with Crippen molar-refractivity contribution < 1.29 is 4.42 Å². The molecule has 0 aliphatic heterocycles. The van der Waals surface area contributed by atoms with Gasteiger partial charge in [0.15, 0.2) is 5.16 Å². The summed E-state index contributed by atoms with van der Waals surface area (Å²) >= 11 is 1.50. The molecule has 0 bridgehead atoms. The van der Waals surface area contributed by atoms with Gasteiger partial charge in [0.2, 0.25) is 0 Å².